The maximum atomic E-state index is 12.7. The van der Waals surface area contributed by atoms with Crippen molar-refractivity contribution >= 4 is 11.8 Å². The van der Waals surface area contributed by atoms with E-state index in [1.165, 1.54) is 6.08 Å². The molecule has 112 valence electrons. The first-order chi connectivity index (χ1) is 10.6. The van der Waals surface area contributed by atoms with Crippen LogP contribution in [0.4, 0.5) is 0 Å². The highest BCUT2D eigenvalue weighted by atomic mass is 16.5. The third-order valence-corrected chi connectivity index (χ3v) is 3.04. The van der Waals surface area contributed by atoms with Gasteiger partial charge in [-0.3, -0.25) is 4.79 Å². The number of allylic oxidation sites excluding steroid dienone is 1. The summed E-state index contributed by atoms with van der Waals surface area (Å²) in [5.74, 6) is -0.750. The van der Waals surface area contributed by atoms with Crippen molar-refractivity contribution in [3.05, 3.63) is 83.4 Å². The zero-order valence-corrected chi connectivity index (χ0v) is 12.7. The van der Waals surface area contributed by atoms with E-state index >= 15 is 0 Å². The van der Waals surface area contributed by atoms with Crippen molar-refractivity contribution in [1.82, 2.24) is 0 Å². The molecule has 3 heteroatoms. The van der Waals surface area contributed by atoms with Gasteiger partial charge in [0.25, 0.3) is 0 Å². The average Bonchev–Trinajstić information content (AvgIpc) is 2.53. The molecule has 0 spiro atoms. The van der Waals surface area contributed by atoms with Crippen LogP contribution in [0.5, 0.6) is 0 Å². The van der Waals surface area contributed by atoms with Crippen molar-refractivity contribution in [3.8, 4) is 0 Å². The lowest BCUT2D eigenvalue weighted by Gasteiger charge is -2.16. The average molecular weight is 294 g/mol. The maximum absolute atomic E-state index is 12.7. The molecule has 2 rings (SSSR count). The van der Waals surface area contributed by atoms with Gasteiger partial charge < -0.3 is 4.74 Å². The summed E-state index contributed by atoms with van der Waals surface area (Å²) in [6, 6.07) is 17.9. The van der Waals surface area contributed by atoms with E-state index < -0.39 is 12.1 Å². The molecule has 0 aliphatic carbocycles. The number of benzene rings is 2. The lowest BCUT2D eigenvalue weighted by atomic mass is 10.00. The van der Waals surface area contributed by atoms with Crippen LogP contribution in [-0.4, -0.2) is 11.8 Å². The summed E-state index contributed by atoms with van der Waals surface area (Å²) < 4.78 is 5.40. The van der Waals surface area contributed by atoms with Gasteiger partial charge in [-0.15, -0.1) is 0 Å². The molecule has 2 aromatic carbocycles. The molecule has 3 nitrogen and oxygen atoms in total. The van der Waals surface area contributed by atoms with Crippen molar-refractivity contribution in [3.63, 3.8) is 0 Å². The molecule has 0 aromatic heterocycles. The van der Waals surface area contributed by atoms with E-state index in [4.69, 9.17) is 4.74 Å². The molecule has 2 aromatic rings. The molecule has 0 heterocycles. The molecule has 0 unspecified atom stereocenters. The Morgan fingerprint density at radius 2 is 1.45 bits per heavy atom. The van der Waals surface area contributed by atoms with E-state index in [1.54, 1.807) is 50.2 Å². The quantitative estimate of drug-likeness (QED) is 0.473. The van der Waals surface area contributed by atoms with E-state index in [9.17, 15) is 9.59 Å². The second kappa shape index (κ2) is 7.36. The maximum Gasteiger partial charge on any atom is 0.331 e. The third kappa shape index (κ3) is 4.16. The van der Waals surface area contributed by atoms with Gasteiger partial charge in [-0.05, 0) is 13.8 Å². The minimum atomic E-state index is -0.938. The van der Waals surface area contributed by atoms with Crippen LogP contribution in [0.3, 0.4) is 0 Å². The highest BCUT2D eigenvalue weighted by Gasteiger charge is 2.25. The number of carbonyl (C=O) groups is 2. The van der Waals surface area contributed by atoms with E-state index in [2.05, 4.69) is 0 Å². The van der Waals surface area contributed by atoms with Crippen molar-refractivity contribution in [1.29, 1.82) is 0 Å². The molecule has 22 heavy (non-hydrogen) atoms. The Morgan fingerprint density at radius 3 is 2.00 bits per heavy atom. The Labute approximate surface area is 130 Å². The van der Waals surface area contributed by atoms with Crippen LogP contribution < -0.4 is 0 Å². The Morgan fingerprint density at radius 1 is 0.909 bits per heavy atom. The van der Waals surface area contributed by atoms with Gasteiger partial charge in [-0.25, -0.2) is 4.79 Å². The molecule has 0 aliphatic rings. The van der Waals surface area contributed by atoms with Gasteiger partial charge in [-0.2, -0.15) is 0 Å². The predicted molar refractivity (Wildman–Crippen MR) is 85.5 cm³/mol. The number of ketones is 1. The van der Waals surface area contributed by atoms with Gasteiger partial charge in [0.1, 0.15) is 0 Å². The zero-order chi connectivity index (χ0) is 15.9. The fraction of sp³-hybridized carbons (Fsp3) is 0.158. The lowest BCUT2D eigenvalue weighted by molar-refractivity contribution is -0.141. The standard InChI is InChI=1S/C19H18O3/c1-14(2)13-17(20)22-19(16-11-7-4-8-12-16)18(21)15-9-5-3-6-10-15/h3-13,19H,1-2H3/t19-/m0/s1. The van der Waals surface area contributed by atoms with Crippen LogP contribution in [0, 0.1) is 0 Å². The molecule has 0 radical (unpaired) electrons. The lowest BCUT2D eigenvalue weighted by Crippen LogP contribution is -2.19. The van der Waals surface area contributed by atoms with Gasteiger partial charge >= 0.3 is 5.97 Å². The number of esters is 1. The number of hydrogen-bond acceptors (Lipinski definition) is 3. The molecule has 1 atom stereocenters. The number of hydrogen-bond donors (Lipinski definition) is 0. The summed E-state index contributed by atoms with van der Waals surface area (Å²) in [4.78, 5) is 24.6. The van der Waals surface area contributed by atoms with Crippen LogP contribution in [0.1, 0.15) is 35.9 Å². The van der Waals surface area contributed by atoms with Crippen molar-refractivity contribution < 1.29 is 14.3 Å². The van der Waals surface area contributed by atoms with Gasteiger partial charge in [0.2, 0.25) is 5.78 Å². The van der Waals surface area contributed by atoms with E-state index in [0.717, 1.165) is 5.57 Å². The zero-order valence-electron chi connectivity index (χ0n) is 12.7. The number of carbonyl (C=O) groups excluding carboxylic acids is 2. The van der Waals surface area contributed by atoms with Crippen molar-refractivity contribution in [2.45, 2.75) is 20.0 Å². The summed E-state index contributed by atoms with van der Waals surface area (Å²) in [6.07, 6.45) is 0.445. The van der Waals surface area contributed by atoms with Crippen molar-refractivity contribution in [2.75, 3.05) is 0 Å². The van der Waals surface area contributed by atoms with E-state index in [0.29, 0.717) is 11.1 Å². The van der Waals surface area contributed by atoms with Gasteiger partial charge in [0.05, 0.1) is 0 Å². The summed E-state index contributed by atoms with van der Waals surface area (Å²) in [7, 11) is 0. The Balaban J connectivity index is 2.32. The van der Waals surface area contributed by atoms with Crippen LogP contribution in [0.2, 0.25) is 0 Å². The Bertz CT molecular complexity index is 668. The van der Waals surface area contributed by atoms with Crippen LogP contribution >= 0.6 is 0 Å². The summed E-state index contributed by atoms with van der Waals surface area (Å²) in [6.45, 7) is 3.61. The normalized spacial score (nSPS) is 11.4. The fourth-order valence-corrected chi connectivity index (χ4v) is 2.04. The molecule has 0 bridgehead atoms. The smallest absolute Gasteiger partial charge is 0.331 e. The molecule has 0 N–H and O–H groups in total. The first kappa shape index (κ1) is 15.7. The van der Waals surface area contributed by atoms with E-state index in [-0.39, 0.29) is 5.78 Å². The van der Waals surface area contributed by atoms with Crippen LogP contribution in [0.15, 0.2) is 72.3 Å². The van der Waals surface area contributed by atoms with Crippen molar-refractivity contribution in [2.24, 2.45) is 0 Å². The predicted octanol–water partition coefficient (Wildman–Crippen LogP) is 4.12. The summed E-state index contributed by atoms with van der Waals surface area (Å²) in [5, 5.41) is 0. The van der Waals surface area contributed by atoms with Gasteiger partial charge in [0.15, 0.2) is 6.10 Å². The molecule has 0 saturated heterocycles. The first-order valence-corrected chi connectivity index (χ1v) is 7.07. The third-order valence-electron chi connectivity index (χ3n) is 3.04. The molecule has 0 saturated carbocycles. The monoisotopic (exact) mass is 294 g/mol. The molecular weight excluding hydrogens is 276 g/mol. The minimum absolute atomic E-state index is 0.234. The molecular formula is C19H18O3. The van der Waals surface area contributed by atoms with Gasteiger partial charge in [-0.1, -0.05) is 66.2 Å². The van der Waals surface area contributed by atoms with E-state index in [1.807, 2.05) is 24.3 Å². The van der Waals surface area contributed by atoms with Crippen LogP contribution in [-0.2, 0) is 9.53 Å². The summed E-state index contributed by atoms with van der Waals surface area (Å²) in [5.41, 5.74) is 2.00. The highest BCUT2D eigenvalue weighted by Crippen LogP contribution is 2.23. The first-order valence-electron chi connectivity index (χ1n) is 7.07. The molecule has 0 fully saturated rings. The molecule has 0 aliphatic heterocycles. The molecule has 0 amide bonds. The second-order valence-electron chi connectivity index (χ2n) is 5.18. The van der Waals surface area contributed by atoms with Crippen LogP contribution in [0.25, 0.3) is 0 Å². The van der Waals surface area contributed by atoms with Gasteiger partial charge in [0, 0.05) is 17.2 Å². The largest absolute Gasteiger partial charge is 0.446 e. The number of Topliss-reactive ketones (excluding diaryl/α,β-unsaturated/α-hetero) is 1. The minimum Gasteiger partial charge on any atom is -0.446 e. The Kier molecular flexibility index (Phi) is 5.26. The Hall–Kier alpha value is -2.68. The topological polar surface area (TPSA) is 43.4 Å². The number of rotatable bonds is 5. The highest BCUT2D eigenvalue weighted by molar-refractivity contribution is 6.01. The second-order valence-corrected chi connectivity index (χ2v) is 5.18. The SMILES string of the molecule is CC(C)=CC(=O)O[C@H](C(=O)c1ccccc1)c1ccccc1. The summed E-state index contributed by atoms with van der Waals surface area (Å²) >= 11 is 0. The number of ether oxygens (including phenoxy) is 1. The fourth-order valence-electron chi connectivity index (χ4n) is 2.04.